The molecule has 200 valence electrons. The SMILES string of the molecule is CCCC(=O)N(CCC)Cc1ncc(-c2ccc(-c3ccc(-c4cnc(CN(C)CCC)s4)cc3)cc2)s1. The van der Waals surface area contributed by atoms with E-state index < -0.39 is 0 Å². The second-order valence-corrected chi connectivity index (χ2v) is 11.9. The Labute approximate surface area is 235 Å². The molecule has 38 heavy (non-hydrogen) atoms. The van der Waals surface area contributed by atoms with E-state index in [-0.39, 0.29) is 5.91 Å². The van der Waals surface area contributed by atoms with E-state index in [2.05, 4.69) is 84.3 Å². The molecule has 2 aromatic heterocycles. The minimum atomic E-state index is 0.219. The van der Waals surface area contributed by atoms with Gasteiger partial charge in [-0.3, -0.25) is 9.69 Å². The number of carbonyl (C=O) groups is 1. The summed E-state index contributed by atoms with van der Waals surface area (Å²) in [4.78, 5) is 28.3. The topological polar surface area (TPSA) is 49.3 Å². The first kappa shape index (κ1) is 28.1. The average Bonchev–Trinajstić information content (AvgIpc) is 3.59. The van der Waals surface area contributed by atoms with Crippen LogP contribution in [-0.2, 0) is 17.9 Å². The molecule has 0 N–H and O–H groups in total. The summed E-state index contributed by atoms with van der Waals surface area (Å²) in [6.45, 7) is 9.72. The van der Waals surface area contributed by atoms with Gasteiger partial charge in [0.05, 0.1) is 22.8 Å². The molecule has 2 aromatic carbocycles. The van der Waals surface area contributed by atoms with Crippen LogP contribution >= 0.6 is 22.7 Å². The Morgan fingerprint density at radius 1 is 0.684 bits per heavy atom. The lowest BCUT2D eigenvalue weighted by atomic mass is 10.0. The van der Waals surface area contributed by atoms with Crippen LogP contribution in [0.2, 0.25) is 0 Å². The molecular weight excluding hydrogens is 509 g/mol. The predicted octanol–water partition coefficient (Wildman–Crippen LogP) is 7.98. The molecule has 0 fully saturated rings. The van der Waals surface area contributed by atoms with Crippen molar-refractivity contribution in [3.8, 4) is 32.0 Å². The van der Waals surface area contributed by atoms with Crippen molar-refractivity contribution in [2.24, 2.45) is 0 Å². The molecule has 2 heterocycles. The summed E-state index contributed by atoms with van der Waals surface area (Å²) in [5.74, 6) is 0.219. The van der Waals surface area contributed by atoms with Crippen LogP contribution in [0.15, 0.2) is 60.9 Å². The second kappa shape index (κ2) is 13.8. The van der Waals surface area contributed by atoms with Crippen LogP contribution in [0.1, 0.15) is 56.5 Å². The zero-order valence-corrected chi connectivity index (χ0v) is 24.6. The van der Waals surface area contributed by atoms with Crippen molar-refractivity contribution in [1.82, 2.24) is 19.8 Å². The van der Waals surface area contributed by atoms with Gasteiger partial charge in [0.15, 0.2) is 0 Å². The van der Waals surface area contributed by atoms with Crippen LogP contribution in [0.3, 0.4) is 0 Å². The van der Waals surface area contributed by atoms with Gasteiger partial charge in [-0.15, -0.1) is 22.7 Å². The highest BCUT2D eigenvalue weighted by atomic mass is 32.1. The number of hydrogen-bond acceptors (Lipinski definition) is 6. The van der Waals surface area contributed by atoms with Crippen molar-refractivity contribution in [1.29, 1.82) is 0 Å². The van der Waals surface area contributed by atoms with E-state index in [1.165, 1.54) is 21.6 Å². The quantitative estimate of drug-likeness (QED) is 0.171. The van der Waals surface area contributed by atoms with Gasteiger partial charge in [0.1, 0.15) is 10.0 Å². The molecule has 0 aliphatic heterocycles. The molecule has 0 saturated heterocycles. The minimum Gasteiger partial charge on any atom is -0.336 e. The van der Waals surface area contributed by atoms with Crippen LogP contribution in [0.25, 0.3) is 32.0 Å². The highest BCUT2D eigenvalue weighted by Crippen LogP contribution is 2.32. The van der Waals surface area contributed by atoms with Crippen molar-refractivity contribution < 1.29 is 4.79 Å². The molecular formula is C31H38N4OS2. The Balaban J connectivity index is 1.40. The third-order valence-corrected chi connectivity index (χ3v) is 8.49. The van der Waals surface area contributed by atoms with Gasteiger partial charge in [0.25, 0.3) is 0 Å². The molecule has 0 bridgehead atoms. The Morgan fingerprint density at radius 2 is 1.16 bits per heavy atom. The highest BCUT2D eigenvalue weighted by Gasteiger charge is 2.15. The van der Waals surface area contributed by atoms with E-state index in [4.69, 9.17) is 0 Å². The maximum absolute atomic E-state index is 12.4. The van der Waals surface area contributed by atoms with Gasteiger partial charge in [0, 0.05) is 25.4 Å². The summed E-state index contributed by atoms with van der Waals surface area (Å²) in [5.41, 5.74) is 4.75. The van der Waals surface area contributed by atoms with E-state index in [0.717, 1.165) is 59.4 Å². The van der Waals surface area contributed by atoms with E-state index in [1.54, 1.807) is 22.7 Å². The Bertz CT molecular complexity index is 1290. The number of benzene rings is 2. The fourth-order valence-corrected chi connectivity index (χ4v) is 6.42. The third-order valence-electron chi connectivity index (χ3n) is 6.43. The number of nitrogens with zero attached hydrogens (tertiary/aromatic N) is 4. The maximum Gasteiger partial charge on any atom is 0.222 e. The number of aromatic nitrogens is 2. The fourth-order valence-electron chi connectivity index (χ4n) is 4.48. The molecule has 0 aliphatic carbocycles. The molecule has 0 aliphatic rings. The predicted molar refractivity (Wildman–Crippen MR) is 161 cm³/mol. The van der Waals surface area contributed by atoms with Gasteiger partial charge in [-0.05, 0) is 55.1 Å². The maximum atomic E-state index is 12.4. The van der Waals surface area contributed by atoms with Gasteiger partial charge in [-0.1, -0.05) is 69.3 Å². The Morgan fingerprint density at radius 3 is 1.63 bits per heavy atom. The summed E-state index contributed by atoms with van der Waals surface area (Å²) >= 11 is 3.45. The first-order chi connectivity index (χ1) is 18.5. The largest absolute Gasteiger partial charge is 0.336 e. The van der Waals surface area contributed by atoms with Gasteiger partial charge in [0.2, 0.25) is 5.91 Å². The van der Waals surface area contributed by atoms with Crippen LogP contribution in [0.5, 0.6) is 0 Å². The molecule has 5 nitrogen and oxygen atoms in total. The van der Waals surface area contributed by atoms with Crippen molar-refractivity contribution >= 4 is 28.6 Å². The Hall–Kier alpha value is -2.87. The first-order valence-electron chi connectivity index (χ1n) is 13.6. The van der Waals surface area contributed by atoms with E-state index in [9.17, 15) is 4.79 Å². The third kappa shape index (κ3) is 7.37. The molecule has 0 saturated carbocycles. The van der Waals surface area contributed by atoms with Gasteiger partial charge >= 0.3 is 0 Å². The zero-order valence-electron chi connectivity index (χ0n) is 22.9. The summed E-state index contributed by atoms with van der Waals surface area (Å²) < 4.78 is 0. The summed E-state index contributed by atoms with van der Waals surface area (Å²) in [6.07, 6.45) is 7.51. The molecule has 0 unspecified atom stereocenters. The lowest BCUT2D eigenvalue weighted by Gasteiger charge is -2.20. The molecule has 0 atom stereocenters. The molecule has 0 spiro atoms. The van der Waals surface area contributed by atoms with Crippen molar-refractivity contribution in [2.75, 3.05) is 20.1 Å². The van der Waals surface area contributed by atoms with E-state index >= 15 is 0 Å². The van der Waals surface area contributed by atoms with Gasteiger partial charge in [-0.25, -0.2) is 9.97 Å². The number of thiazole rings is 2. The van der Waals surface area contributed by atoms with Crippen LogP contribution < -0.4 is 0 Å². The van der Waals surface area contributed by atoms with Crippen molar-refractivity contribution in [3.63, 3.8) is 0 Å². The molecule has 1 amide bonds. The van der Waals surface area contributed by atoms with E-state index in [0.29, 0.717) is 13.0 Å². The number of hydrogen-bond donors (Lipinski definition) is 0. The monoisotopic (exact) mass is 546 g/mol. The van der Waals surface area contributed by atoms with Crippen LogP contribution in [-0.4, -0.2) is 45.8 Å². The fraction of sp³-hybridized carbons (Fsp3) is 0.387. The number of amides is 1. The first-order valence-corrected chi connectivity index (χ1v) is 15.2. The van der Waals surface area contributed by atoms with Crippen molar-refractivity contribution in [2.45, 2.75) is 59.5 Å². The smallest absolute Gasteiger partial charge is 0.222 e. The standard InChI is InChI=1S/C31H38N4OS2/c1-5-8-31(36)35(18-7-3)22-30-33-20-28(38-30)26-15-11-24(12-16-26)23-9-13-25(14-10-23)27-19-32-29(37-27)21-34(4)17-6-2/h9-16,19-20H,5-8,17-18,21-22H2,1-4H3. The van der Waals surface area contributed by atoms with Gasteiger partial charge < -0.3 is 4.90 Å². The van der Waals surface area contributed by atoms with Crippen LogP contribution in [0, 0.1) is 0 Å². The average molecular weight is 547 g/mol. The molecule has 4 aromatic rings. The lowest BCUT2D eigenvalue weighted by Crippen LogP contribution is -2.30. The number of rotatable bonds is 13. The second-order valence-electron chi connectivity index (χ2n) is 9.69. The van der Waals surface area contributed by atoms with Crippen molar-refractivity contribution in [3.05, 3.63) is 70.9 Å². The summed E-state index contributed by atoms with van der Waals surface area (Å²) in [6, 6.07) is 17.4. The van der Waals surface area contributed by atoms with Gasteiger partial charge in [-0.2, -0.15) is 0 Å². The lowest BCUT2D eigenvalue weighted by molar-refractivity contribution is -0.131. The zero-order chi connectivity index (χ0) is 26.9. The van der Waals surface area contributed by atoms with Crippen LogP contribution in [0.4, 0.5) is 0 Å². The normalized spacial score (nSPS) is 11.3. The minimum absolute atomic E-state index is 0.219. The molecule has 7 heteroatoms. The summed E-state index contributed by atoms with van der Waals surface area (Å²) in [5, 5.41) is 2.15. The Kier molecular flexibility index (Phi) is 10.2. The summed E-state index contributed by atoms with van der Waals surface area (Å²) in [7, 11) is 2.15. The highest BCUT2D eigenvalue weighted by molar-refractivity contribution is 7.15. The molecule has 4 rings (SSSR count). The van der Waals surface area contributed by atoms with E-state index in [1.807, 2.05) is 24.2 Å². The molecule has 0 radical (unpaired) electrons. The number of carbonyl (C=O) groups excluding carboxylic acids is 1.